The second-order valence-corrected chi connectivity index (χ2v) is 4.49. The van der Waals surface area contributed by atoms with Gasteiger partial charge >= 0.3 is 0 Å². The maximum atomic E-state index is 5.42. The molecule has 0 atom stereocenters. The molecule has 2 aromatic rings. The molecular weight excluding hydrogens is 255 g/mol. The van der Waals surface area contributed by atoms with E-state index >= 15 is 0 Å². The molecule has 0 amide bonds. The molecule has 102 valence electrons. The van der Waals surface area contributed by atoms with Gasteiger partial charge in [0.15, 0.2) is 0 Å². The van der Waals surface area contributed by atoms with Crippen LogP contribution in [0.5, 0.6) is 11.5 Å². The van der Waals surface area contributed by atoms with Crippen LogP contribution in [0.4, 0.5) is 0 Å². The molecule has 0 saturated heterocycles. The standard InChI is InChI=1S/C12H11O2P.C4H10/c1-3-7-11(8-4-1)13-15-14-12-9-5-2-6-10-12;1-3-4-2/h1-10,15H;3-4H2,1-2H3. The van der Waals surface area contributed by atoms with Gasteiger partial charge in [-0.3, -0.25) is 0 Å². The lowest BCUT2D eigenvalue weighted by atomic mass is 10.3. The van der Waals surface area contributed by atoms with Crippen molar-refractivity contribution in [3.05, 3.63) is 60.7 Å². The fraction of sp³-hybridized carbons (Fsp3) is 0.250. The second kappa shape index (κ2) is 10.4. The smallest absolute Gasteiger partial charge is 0.275 e. The van der Waals surface area contributed by atoms with Gasteiger partial charge in [0.1, 0.15) is 11.5 Å². The minimum Gasteiger partial charge on any atom is -0.441 e. The Labute approximate surface area is 117 Å². The van der Waals surface area contributed by atoms with Crippen LogP contribution in [0.2, 0.25) is 0 Å². The zero-order valence-corrected chi connectivity index (χ0v) is 12.5. The van der Waals surface area contributed by atoms with Crippen molar-refractivity contribution in [1.29, 1.82) is 0 Å². The Morgan fingerprint density at radius 2 is 1.05 bits per heavy atom. The third-order valence-corrected chi connectivity index (χ3v) is 2.94. The second-order valence-electron chi connectivity index (χ2n) is 3.91. The molecule has 2 rings (SSSR count). The van der Waals surface area contributed by atoms with E-state index in [4.69, 9.17) is 9.05 Å². The summed E-state index contributed by atoms with van der Waals surface area (Å²) in [4.78, 5) is 0. The lowest BCUT2D eigenvalue weighted by Crippen LogP contribution is -1.83. The SMILES string of the molecule is CCCC.c1ccc(OPOc2ccccc2)cc1. The van der Waals surface area contributed by atoms with E-state index in [-0.39, 0.29) is 9.03 Å². The zero-order valence-electron chi connectivity index (χ0n) is 11.5. The lowest BCUT2D eigenvalue weighted by molar-refractivity contribution is 0.516. The monoisotopic (exact) mass is 276 g/mol. The topological polar surface area (TPSA) is 18.5 Å². The Kier molecular flexibility index (Phi) is 8.50. The van der Waals surface area contributed by atoms with E-state index in [1.165, 1.54) is 12.8 Å². The Balaban J connectivity index is 0.000000399. The van der Waals surface area contributed by atoms with Gasteiger partial charge in [-0.2, -0.15) is 0 Å². The summed E-state index contributed by atoms with van der Waals surface area (Å²) in [5.74, 6) is 1.65. The van der Waals surface area contributed by atoms with Gasteiger partial charge < -0.3 is 9.05 Å². The number of rotatable bonds is 5. The Morgan fingerprint density at radius 1 is 0.684 bits per heavy atom. The number of hydrogen-bond donors (Lipinski definition) is 0. The zero-order chi connectivity index (χ0) is 13.8. The minimum atomic E-state index is -0.0129. The molecule has 0 N–H and O–H groups in total. The van der Waals surface area contributed by atoms with Gasteiger partial charge in [0.2, 0.25) is 0 Å². The van der Waals surface area contributed by atoms with E-state index in [0.717, 1.165) is 11.5 Å². The fourth-order valence-electron chi connectivity index (χ4n) is 1.09. The maximum absolute atomic E-state index is 5.42. The van der Waals surface area contributed by atoms with Crippen LogP contribution < -0.4 is 9.05 Å². The quantitative estimate of drug-likeness (QED) is 0.675. The van der Waals surface area contributed by atoms with Gasteiger partial charge in [0.05, 0.1) is 0 Å². The molecule has 0 aliphatic heterocycles. The van der Waals surface area contributed by atoms with E-state index in [2.05, 4.69) is 13.8 Å². The van der Waals surface area contributed by atoms with Crippen molar-refractivity contribution in [3.63, 3.8) is 0 Å². The molecule has 0 aliphatic rings. The van der Waals surface area contributed by atoms with Crippen LogP contribution in [-0.4, -0.2) is 0 Å². The number of unbranched alkanes of at least 4 members (excludes halogenated alkanes) is 1. The van der Waals surface area contributed by atoms with Crippen molar-refractivity contribution in [3.8, 4) is 11.5 Å². The first-order valence-electron chi connectivity index (χ1n) is 6.55. The van der Waals surface area contributed by atoms with Crippen LogP contribution in [-0.2, 0) is 0 Å². The van der Waals surface area contributed by atoms with E-state index in [0.29, 0.717) is 0 Å². The predicted molar refractivity (Wildman–Crippen MR) is 83.0 cm³/mol. The van der Waals surface area contributed by atoms with Crippen LogP contribution in [0.15, 0.2) is 60.7 Å². The van der Waals surface area contributed by atoms with Gasteiger partial charge in [-0.1, -0.05) is 63.1 Å². The first-order valence-corrected chi connectivity index (χ1v) is 7.37. The molecular formula is C16H21O2P. The summed E-state index contributed by atoms with van der Waals surface area (Å²) in [6, 6.07) is 19.3. The summed E-state index contributed by atoms with van der Waals surface area (Å²) in [6.07, 6.45) is 2.64. The first kappa shape index (κ1) is 15.5. The largest absolute Gasteiger partial charge is 0.441 e. The van der Waals surface area contributed by atoms with Gasteiger partial charge in [-0.15, -0.1) is 0 Å². The molecule has 0 fully saturated rings. The average Bonchev–Trinajstić information content (AvgIpc) is 2.50. The molecule has 0 radical (unpaired) electrons. The molecule has 0 bridgehead atoms. The van der Waals surface area contributed by atoms with Crippen molar-refractivity contribution in [2.45, 2.75) is 26.7 Å². The van der Waals surface area contributed by atoms with E-state index in [9.17, 15) is 0 Å². The van der Waals surface area contributed by atoms with Crippen LogP contribution in [0.3, 0.4) is 0 Å². The van der Waals surface area contributed by atoms with Crippen molar-refractivity contribution in [2.75, 3.05) is 0 Å². The van der Waals surface area contributed by atoms with Gasteiger partial charge in [0.25, 0.3) is 9.03 Å². The molecule has 0 aliphatic carbocycles. The fourth-order valence-corrected chi connectivity index (χ4v) is 1.60. The summed E-state index contributed by atoms with van der Waals surface area (Å²) in [5, 5.41) is 0. The normalized spacial score (nSPS) is 9.16. The third kappa shape index (κ3) is 7.48. The molecule has 0 unspecified atom stereocenters. The molecule has 0 aromatic heterocycles. The van der Waals surface area contributed by atoms with E-state index < -0.39 is 0 Å². The summed E-state index contributed by atoms with van der Waals surface area (Å²) in [5.41, 5.74) is 0. The molecule has 19 heavy (non-hydrogen) atoms. The Bertz CT molecular complexity index is 376. The predicted octanol–water partition coefficient (Wildman–Crippen LogP) is 5.46. The van der Waals surface area contributed by atoms with Crippen LogP contribution in [0, 0.1) is 0 Å². The van der Waals surface area contributed by atoms with Crippen LogP contribution in [0.25, 0.3) is 0 Å². The molecule has 2 aromatic carbocycles. The molecule has 3 heteroatoms. The van der Waals surface area contributed by atoms with E-state index in [1.54, 1.807) is 0 Å². The molecule has 0 saturated carbocycles. The summed E-state index contributed by atoms with van der Waals surface area (Å²) < 4.78 is 10.8. The molecule has 0 spiro atoms. The van der Waals surface area contributed by atoms with Crippen molar-refractivity contribution in [2.24, 2.45) is 0 Å². The number of benzene rings is 2. The average molecular weight is 276 g/mol. The van der Waals surface area contributed by atoms with Crippen molar-refractivity contribution in [1.82, 2.24) is 0 Å². The lowest BCUT2D eigenvalue weighted by Gasteiger charge is -2.06. The summed E-state index contributed by atoms with van der Waals surface area (Å²) in [6.45, 7) is 4.36. The molecule has 2 nitrogen and oxygen atoms in total. The van der Waals surface area contributed by atoms with Crippen molar-refractivity contribution >= 4 is 9.03 Å². The van der Waals surface area contributed by atoms with Crippen LogP contribution in [0.1, 0.15) is 26.7 Å². The molecule has 0 heterocycles. The highest BCUT2D eigenvalue weighted by atomic mass is 31.1. The van der Waals surface area contributed by atoms with Crippen LogP contribution >= 0.6 is 9.03 Å². The summed E-state index contributed by atoms with van der Waals surface area (Å²) in [7, 11) is -0.0129. The highest BCUT2D eigenvalue weighted by Gasteiger charge is 1.93. The highest BCUT2D eigenvalue weighted by molar-refractivity contribution is 7.27. The Morgan fingerprint density at radius 3 is 1.37 bits per heavy atom. The Hall–Kier alpha value is -1.53. The first-order chi connectivity index (χ1) is 9.36. The van der Waals surface area contributed by atoms with Crippen molar-refractivity contribution < 1.29 is 9.05 Å². The minimum absolute atomic E-state index is 0.0129. The van der Waals surface area contributed by atoms with Gasteiger partial charge in [0, 0.05) is 0 Å². The highest BCUT2D eigenvalue weighted by Crippen LogP contribution is 2.23. The van der Waals surface area contributed by atoms with Gasteiger partial charge in [-0.05, 0) is 24.3 Å². The van der Waals surface area contributed by atoms with Gasteiger partial charge in [-0.25, -0.2) is 0 Å². The number of para-hydroxylation sites is 2. The third-order valence-electron chi connectivity index (χ3n) is 2.31. The van der Waals surface area contributed by atoms with E-state index in [1.807, 2.05) is 60.7 Å². The maximum Gasteiger partial charge on any atom is 0.275 e. The number of hydrogen-bond acceptors (Lipinski definition) is 2. The summed E-state index contributed by atoms with van der Waals surface area (Å²) >= 11 is 0.